The van der Waals surface area contributed by atoms with E-state index < -0.39 is 0 Å². The predicted molar refractivity (Wildman–Crippen MR) is 184 cm³/mol. The number of esters is 1. The largest absolute Gasteiger partial charge is 0.495 e. The highest BCUT2D eigenvalue weighted by atomic mass is 16.6. The van der Waals surface area contributed by atoms with Gasteiger partial charge < -0.3 is 14.4 Å². The minimum atomic E-state index is -0.238. The number of nitrogens with zero attached hydrogens (tertiary/aromatic N) is 1. The highest BCUT2D eigenvalue weighted by Crippen LogP contribution is 2.16. The number of unbranched alkanes of at least 4 members (excludes halogenated alkanes) is 24. The molecule has 4 heteroatoms. The van der Waals surface area contributed by atoms with Crippen molar-refractivity contribution in [3.63, 3.8) is 0 Å². The summed E-state index contributed by atoms with van der Waals surface area (Å²) in [6, 6.07) is 0. The summed E-state index contributed by atoms with van der Waals surface area (Å²) in [7, 11) is 4.02. The Balaban J connectivity index is 3.75. The average molecular weight is 594 g/mol. The molecule has 0 aliphatic heterocycles. The fourth-order valence-electron chi connectivity index (χ4n) is 5.69. The molecule has 0 aliphatic rings. The second-order valence-electron chi connectivity index (χ2n) is 13.2. The van der Waals surface area contributed by atoms with Crippen molar-refractivity contribution in [2.24, 2.45) is 0 Å². The number of carbonyl (C=O) groups excluding carboxylic acids is 1. The van der Waals surface area contributed by atoms with Gasteiger partial charge >= 0.3 is 5.97 Å². The Morgan fingerprint density at radius 1 is 0.548 bits per heavy atom. The molecule has 0 heterocycles. The number of carbonyl (C=O) groups is 1. The van der Waals surface area contributed by atoms with Crippen LogP contribution in [-0.4, -0.2) is 44.2 Å². The molecule has 0 spiro atoms. The summed E-state index contributed by atoms with van der Waals surface area (Å²) in [6.45, 7) is 9.76. The number of likely N-dealkylation sites (N-methyl/N-ethyl adjacent to an activating group) is 1. The van der Waals surface area contributed by atoms with Crippen molar-refractivity contribution in [1.29, 1.82) is 0 Å². The van der Waals surface area contributed by atoms with E-state index in [-0.39, 0.29) is 12.1 Å². The van der Waals surface area contributed by atoms with Crippen LogP contribution < -0.4 is 0 Å². The van der Waals surface area contributed by atoms with Gasteiger partial charge in [-0.1, -0.05) is 175 Å². The zero-order valence-electron chi connectivity index (χ0n) is 29.2. The highest BCUT2D eigenvalue weighted by Gasteiger charge is 2.16. The van der Waals surface area contributed by atoms with Crippen molar-refractivity contribution >= 4 is 5.97 Å². The first kappa shape index (κ1) is 41.0. The third-order valence-corrected chi connectivity index (χ3v) is 8.38. The predicted octanol–water partition coefficient (Wildman–Crippen LogP) is 12.0. The summed E-state index contributed by atoms with van der Waals surface area (Å²) in [4.78, 5) is 14.5. The summed E-state index contributed by atoms with van der Waals surface area (Å²) in [5.41, 5.74) is 0. The lowest BCUT2D eigenvalue weighted by atomic mass is 10.0. The van der Waals surface area contributed by atoms with Crippen LogP contribution >= 0.6 is 0 Å². The van der Waals surface area contributed by atoms with Crippen LogP contribution in [0.25, 0.3) is 0 Å². The van der Waals surface area contributed by atoms with E-state index in [9.17, 15) is 4.79 Å². The smallest absolute Gasteiger partial charge is 0.306 e. The Morgan fingerprint density at radius 3 is 1.24 bits per heavy atom. The van der Waals surface area contributed by atoms with Gasteiger partial charge in [0.05, 0.1) is 5.76 Å². The van der Waals surface area contributed by atoms with Crippen molar-refractivity contribution in [2.75, 3.05) is 27.2 Å². The molecule has 1 atom stereocenters. The fourth-order valence-corrected chi connectivity index (χ4v) is 5.69. The van der Waals surface area contributed by atoms with Gasteiger partial charge in [-0.25, -0.2) is 0 Å². The van der Waals surface area contributed by atoms with Crippen molar-refractivity contribution < 1.29 is 14.3 Å². The molecular formula is C38H75NO3. The monoisotopic (exact) mass is 594 g/mol. The Labute approximate surface area is 264 Å². The second kappa shape index (κ2) is 32.9. The van der Waals surface area contributed by atoms with Gasteiger partial charge in [0.2, 0.25) is 0 Å². The minimum absolute atomic E-state index is 0.0874. The maximum Gasteiger partial charge on any atom is 0.306 e. The molecule has 0 rings (SSSR count). The molecule has 0 aliphatic carbocycles. The van der Waals surface area contributed by atoms with E-state index in [0.29, 0.717) is 19.6 Å². The summed E-state index contributed by atoms with van der Waals surface area (Å²) < 4.78 is 11.7. The number of hydrogen-bond donors (Lipinski definition) is 0. The minimum Gasteiger partial charge on any atom is -0.495 e. The quantitative estimate of drug-likeness (QED) is 0.0422. The molecule has 0 aromatic heterocycles. The lowest BCUT2D eigenvalue weighted by molar-refractivity contribution is -0.152. The third-order valence-electron chi connectivity index (χ3n) is 8.38. The molecule has 0 N–H and O–H groups in total. The maximum absolute atomic E-state index is 12.5. The van der Waals surface area contributed by atoms with E-state index >= 15 is 0 Å². The zero-order valence-corrected chi connectivity index (χ0v) is 29.2. The fraction of sp³-hybridized carbons (Fsp3) is 0.921. The van der Waals surface area contributed by atoms with E-state index in [0.717, 1.165) is 31.4 Å². The summed E-state index contributed by atoms with van der Waals surface area (Å²) in [5.74, 6) is 0.741. The topological polar surface area (TPSA) is 38.8 Å². The molecule has 0 bridgehead atoms. The molecule has 0 saturated carbocycles. The van der Waals surface area contributed by atoms with Crippen molar-refractivity contribution in [3.8, 4) is 0 Å². The van der Waals surface area contributed by atoms with Gasteiger partial charge in [-0.2, -0.15) is 0 Å². The molecule has 0 fully saturated rings. The summed E-state index contributed by atoms with van der Waals surface area (Å²) in [6.07, 6.45) is 35.9. The lowest BCUT2D eigenvalue weighted by Gasteiger charge is -2.22. The molecule has 1 unspecified atom stereocenters. The highest BCUT2D eigenvalue weighted by molar-refractivity contribution is 5.69. The summed E-state index contributed by atoms with van der Waals surface area (Å²) in [5, 5.41) is 0. The first-order valence-corrected chi connectivity index (χ1v) is 18.6. The van der Waals surface area contributed by atoms with E-state index in [2.05, 4.69) is 25.3 Å². The third kappa shape index (κ3) is 31.9. The van der Waals surface area contributed by atoms with Crippen LogP contribution in [0.4, 0.5) is 0 Å². The first-order valence-electron chi connectivity index (χ1n) is 18.6. The lowest BCUT2D eigenvalue weighted by Crippen LogP contribution is -2.34. The molecule has 0 aromatic rings. The molecule has 0 saturated heterocycles. The first-order chi connectivity index (χ1) is 20.5. The van der Waals surface area contributed by atoms with Crippen molar-refractivity contribution in [2.45, 2.75) is 200 Å². The van der Waals surface area contributed by atoms with Crippen LogP contribution in [-0.2, 0) is 14.3 Å². The van der Waals surface area contributed by atoms with E-state index in [4.69, 9.17) is 9.47 Å². The molecule has 4 nitrogen and oxygen atoms in total. The van der Waals surface area contributed by atoms with Gasteiger partial charge in [-0.15, -0.1) is 0 Å². The van der Waals surface area contributed by atoms with E-state index in [1.54, 1.807) is 0 Å². The standard InChI is InChI=1S/C38H75NO3/c1-6-8-10-12-14-16-18-20-22-24-26-28-30-32-36(3)41-35-37(34-39(4)5)42-38(40)33-31-29-27-25-23-21-19-17-15-13-11-9-7-2/h37H,3,6-35H2,1-2,4-5H3. The van der Waals surface area contributed by atoms with Crippen molar-refractivity contribution in [1.82, 2.24) is 4.90 Å². The Morgan fingerprint density at radius 2 is 0.881 bits per heavy atom. The maximum atomic E-state index is 12.5. The molecule has 0 radical (unpaired) electrons. The SMILES string of the molecule is C=C(CCCCCCCCCCCCCCC)OCC(CN(C)C)OC(=O)CCCCCCCCCCCCCCC. The van der Waals surface area contributed by atoms with Gasteiger partial charge in [0.15, 0.2) is 0 Å². The molecule has 250 valence electrons. The van der Waals surface area contributed by atoms with Crippen LogP contribution in [0.2, 0.25) is 0 Å². The molecule has 0 aromatic carbocycles. The Hall–Kier alpha value is -1.03. The van der Waals surface area contributed by atoms with Crippen molar-refractivity contribution in [3.05, 3.63) is 12.3 Å². The zero-order chi connectivity index (χ0) is 30.9. The number of ether oxygens (including phenoxy) is 2. The van der Waals surface area contributed by atoms with Crippen LogP contribution in [0.15, 0.2) is 12.3 Å². The van der Waals surface area contributed by atoms with Crippen LogP contribution in [0.5, 0.6) is 0 Å². The van der Waals surface area contributed by atoms with Crippen LogP contribution in [0, 0.1) is 0 Å². The number of allylic oxidation sites excluding steroid dienone is 1. The van der Waals surface area contributed by atoms with Crippen LogP contribution in [0.1, 0.15) is 194 Å². The van der Waals surface area contributed by atoms with Gasteiger partial charge in [0, 0.05) is 19.4 Å². The second-order valence-corrected chi connectivity index (χ2v) is 13.2. The number of hydrogen-bond acceptors (Lipinski definition) is 4. The summed E-state index contributed by atoms with van der Waals surface area (Å²) >= 11 is 0. The molecule has 42 heavy (non-hydrogen) atoms. The Kier molecular flexibility index (Phi) is 32.1. The average Bonchev–Trinajstić information content (AvgIpc) is 2.96. The molecule has 0 amide bonds. The number of rotatable bonds is 34. The Bertz CT molecular complexity index is 577. The van der Waals surface area contributed by atoms with Gasteiger partial charge in [0.25, 0.3) is 0 Å². The van der Waals surface area contributed by atoms with Gasteiger partial charge in [-0.3, -0.25) is 4.79 Å². The van der Waals surface area contributed by atoms with E-state index in [1.807, 2.05) is 14.1 Å². The van der Waals surface area contributed by atoms with E-state index in [1.165, 1.54) is 148 Å². The molecular weight excluding hydrogens is 518 g/mol. The van der Waals surface area contributed by atoms with Gasteiger partial charge in [0.1, 0.15) is 12.7 Å². The normalized spacial score (nSPS) is 12.1. The van der Waals surface area contributed by atoms with Gasteiger partial charge in [-0.05, 0) is 26.9 Å². The van der Waals surface area contributed by atoms with Crippen LogP contribution in [0.3, 0.4) is 0 Å².